The predicted octanol–water partition coefficient (Wildman–Crippen LogP) is 3.86. The lowest BCUT2D eigenvalue weighted by Gasteiger charge is -2.08. The number of rotatable bonds is 5. The first kappa shape index (κ1) is 19.6. The molecule has 0 aliphatic heterocycles. The van der Waals surface area contributed by atoms with Crippen molar-refractivity contribution in [1.29, 1.82) is 0 Å². The number of nitrogens with zero attached hydrogens (tertiary/aromatic N) is 1. The van der Waals surface area contributed by atoms with Gasteiger partial charge in [0.15, 0.2) is 11.6 Å². The Balaban J connectivity index is 2.15. The molecule has 5 nitrogen and oxygen atoms in total. The fourth-order valence-electron chi connectivity index (χ4n) is 3.29. The van der Waals surface area contributed by atoms with Gasteiger partial charge in [-0.05, 0) is 44.0 Å². The van der Waals surface area contributed by atoms with Gasteiger partial charge in [-0.2, -0.15) is 0 Å². The Morgan fingerprint density at radius 2 is 1.82 bits per heavy atom. The number of hydrogen-bond donors (Lipinski definition) is 2. The van der Waals surface area contributed by atoms with Crippen LogP contribution in [0.2, 0.25) is 0 Å². The molecular formula is C22H23FN2O3. The number of hydrogen-bond acceptors (Lipinski definition) is 3. The van der Waals surface area contributed by atoms with Crippen LogP contribution in [-0.4, -0.2) is 28.0 Å². The molecule has 6 heteroatoms. The molecule has 0 saturated carbocycles. The summed E-state index contributed by atoms with van der Waals surface area (Å²) in [6, 6.07) is 9.51. The number of phenolic OH excluding ortho intramolecular Hbond substituents is 1. The second kappa shape index (κ2) is 7.84. The van der Waals surface area contributed by atoms with E-state index in [1.165, 1.54) is 10.6 Å². The van der Waals surface area contributed by atoms with Crippen molar-refractivity contribution in [2.45, 2.75) is 33.6 Å². The first-order valence-electron chi connectivity index (χ1n) is 9.24. The van der Waals surface area contributed by atoms with Gasteiger partial charge in [0.25, 0.3) is 5.91 Å². The number of aryl methyl sites for hydroxylation is 1. The zero-order chi connectivity index (χ0) is 20.4. The van der Waals surface area contributed by atoms with Crippen LogP contribution >= 0.6 is 0 Å². The summed E-state index contributed by atoms with van der Waals surface area (Å²) >= 11 is 0. The quantitative estimate of drug-likeness (QED) is 0.704. The van der Waals surface area contributed by atoms with Crippen molar-refractivity contribution in [2.75, 3.05) is 6.54 Å². The highest BCUT2D eigenvalue weighted by Gasteiger charge is 2.23. The lowest BCUT2D eigenvalue weighted by molar-refractivity contribution is -0.120. The molecule has 0 bridgehead atoms. The highest BCUT2D eigenvalue weighted by Crippen LogP contribution is 2.32. The number of fused-ring (bicyclic) bond motifs is 1. The molecule has 0 radical (unpaired) electrons. The summed E-state index contributed by atoms with van der Waals surface area (Å²) in [6.07, 6.45) is 0.853. The number of benzene rings is 2. The van der Waals surface area contributed by atoms with Crippen LogP contribution in [0.15, 0.2) is 36.4 Å². The molecule has 2 aromatic carbocycles. The normalized spacial score (nSPS) is 11.0. The van der Waals surface area contributed by atoms with Crippen molar-refractivity contribution in [1.82, 2.24) is 9.88 Å². The SMILES string of the molecule is CCCNC(=O)Cc1c(C)n(C(=O)c2ccc(C)cc2)c2cc(F)c(O)cc12. The third kappa shape index (κ3) is 3.63. The van der Waals surface area contributed by atoms with Gasteiger partial charge in [0.1, 0.15) is 0 Å². The molecule has 2 N–H and O–H groups in total. The Morgan fingerprint density at radius 3 is 2.46 bits per heavy atom. The van der Waals surface area contributed by atoms with Gasteiger partial charge >= 0.3 is 0 Å². The average molecular weight is 382 g/mol. The minimum atomic E-state index is -0.815. The van der Waals surface area contributed by atoms with Gasteiger partial charge < -0.3 is 10.4 Å². The van der Waals surface area contributed by atoms with E-state index in [2.05, 4.69) is 5.32 Å². The standard InChI is InChI=1S/C22H23FN2O3/c1-4-9-24-21(27)11-16-14(3)25(19-12-18(23)20(26)10-17(16)19)22(28)15-7-5-13(2)6-8-15/h5-8,10,12,26H,4,9,11H2,1-3H3,(H,24,27). The van der Waals surface area contributed by atoms with Gasteiger partial charge in [-0.15, -0.1) is 0 Å². The minimum absolute atomic E-state index is 0.0432. The van der Waals surface area contributed by atoms with Crippen LogP contribution in [0.25, 0.3) is 10.9 Å². The van der Waals surface area contributed by atoms with Gasteiger partial charge in [-0.1, -0.05) is 24.6 Å². The minimum Gasteiger partial charge on any atom is -0.505 e. The maximum Gasteiger partial charge on any atom is 0.262 e. The van der Waals surface area contributed by atoms with Crippen molar-refractivity contribution in [3.63, 3.8) is 0 Å². The van der Waals surface area contributed by atoms with Crippen LogP contribution in [0.4, 0.5) is 4.39 Å². The maximum absolute atomic E-state index is 14.1. The van der Waals surface area contributed by atoms with Crippen LogP contribution in [0.5, 0.6) is 5.75 Å². The number of aromatic hydroxyl groups is 1. The highest BCUT2D eigenvalue weighted by atomic mass is 19.1. The Morgan fingerprint density at radius 1 is 1.14 bits per heavy atom. The lowest BCUT2D eigenvalue weighted by Crippen LogP contribution is -2.26. The highest BCUT2D eigenvalue weighted by molar-refractivity contribution is 6.05. The Kier molecular flexibility index (Phi) is 5.49. The van der Waals surface area contributed by atoms with E-state index in [-0.39, 0.29) is 18.2 Å². The summed E-state index contributed by atoms with van der Waals surface area (Å²) in [5.74, 6) is -1.82. The Labute approximate surface area is 162 Å². The van der Waals surface area contributed by atoms with Crippen molar-refractivity contribution >= 4 is 22.7 Å². The van der Waals surface area contributed by atoms with Crippen LogP contribution in [0, 0.1) is 19.7 Å². The van der Waals surface area contributed by atoms with E-state index < -0.39 is 11.6 Å². The summed E-state index contributed by atoms with van der Waals surface area (Å²) in [4.78, 5) is 25.4. The van der Waals surface area contributed by atoms with E-state index in [9.17, 15) is 19.1 Å². The third-order valence-electron chi connectivity index (χ3n) is 4.81. The van der Waals surface area contributed by atoms with Crippen molar-refractivity contribution in [2.24, 2.45) is 0 Å². The molecule has 1 aromatic heterocycles. The summed E-state index contributed by atoms with van der Waals surface area (Å²) in [5.41, 5.74) is 2.96. The predicted molar refractivity (Wildman–Crippen MR) is 106 cm³/mol. The zero-order valence-electron chi connectivity index (χ0n) is 16.2. The molecule has 28 heavy (non-hydrogen) atoms. The summed E-state index contributed by atoms with van der Waals surface area (Å²) < 4.78 is 15.5. The van der Waals surface area contributed by atoms with Crippen LogP contribution in [0.1, 0.15) is 40.5 Å². The maximum atomic E-state index is 14.1. The van der Waals surface area contributed by atoms with Gasteiger partial charge in [0.2, 0.25) is 5.91 Å². The molecule has 1 heterocycles. The average Bonchev–Trinajstić information content (AvgIpc) is 2.91. The molecule has 3 aromatic rings. The zero-order valence-corrected chi connectivity index (χ0v) is 16.2. The fraction of sp³-hybridized carbons (Fsp3) is 0.273. The van der Waals surface area contributed by atoms with Crippen molar-refractivity contribution < 1.29 is 19.1 Å². The number of carbonyl (C=O) groups is 2. The first-order valence-corrected chi connectivity index (χ1v) is 9.24. The molecule has 146 valence electrons. The number of nitrogens with one attached hydrogen (secondary N) is 1. The van der Waals surface area contributed by atoms with E-state index >= 15 is 0 Å². The van der Waals surface area contributed by atoms with Crippen LogP contribution in [-0.2, 0) is 11.2 Å². The Bertz CT molecular complexity index is 1050. The molecule has 3 rings (SSSR count). The van der Waals surface area contributed by atoms with Gasteiger partial charge in [-0.3, -0.25) is 14.2 Å². The van der Waals surface area contributed by atoms with Crippen molar-refractivity contribution in [3.05, 3.63) is 64.6 Å². The smallest absolute Gasteiger partial charge is 0.262 e. The number of amides is 1. The fourth-order valence-corrected chi connectivity index (χ4v) is 3.29. The van der Waals surface area contributed by atoms with E-state index in [0.29, 0.717) is 34.3 Å². The number of carbonyl (C=O) groups excluding carboxylic acids is 2. The third-order valence-corrected chi connectivity index (χ3v) is 4.81. The molecule has 0 fully saturated rings. The van der Waals surface area contributed by atoms with E-state index in [1.807, 2.05) is 26.0 Å². The topological polar surface area (TPSA) is 71.3 Å². The lowest BCUT2D eigenvalue weighted by atomic mass is 10.1. The van der Waals surface area contributed by atoms with Crippen molar-refractivity contribution in [3.8, 4) is 5.75 Å². The second-order valence-corrected chi connectivity index (χ2v) is 6.92. The monoisotopic (exact) mass is 382 g/mol. The van der Waals surface area contributed by atoms with Gasteiger partial charge in [-0.25, -0.2) is 4.39 Å². The van der Waals surface area contributed by atoms with E-state index in [0.717, 1.165) is 18.1 Å². The molecule has 0 spiro atoms. The van der Waals surface area contributed by atoms with E-state index in [1.54, 1.807) is 19.1 Å². The van der Waals surface area contributed by atoms with Crippen LogP contribution in [0.3, 0.4) is 0 Å². The largest absolute Gasteiger partial charge is 0.505 e. The molecule has 0 unspecified atom stereocenters. The summed E-state index contributed by atoms with van der Waals surface area (Å²) in [7, 11) is 0. The van der Waals surface area contributed by atoms with Gasteiger partial charge in [0.05, 0.1) is 11.9 Å². The molecule has 0 atom stereocenters. The molecule has 0 aliphatic rings. The number of phenols is 1. The Hall–Kier alpha value is -3.15. The number of halogens is 1. The van der Waals surface area contributed by atoms with Crippen LogP contribution < -0.4 is 5.32 Å². The summed E-state index contributed by atoms with van der Waals surface area (Å²) in [5, 5.41) is 13.1. The van der Waals surface area contributed by atoms with E-state index in [4.69, 9.17) is 0 Å². The molecule has 0 saturated heterocycles. The second-order valence-electron chi connectivity index (χ2n) is 6.92. The first-order chi connectivity index (χ1) is 13.3. The number of aromatic nitrogens is 1. The van der Waals surface area contributed by atoms with Gasteiger partial charge in [0, 0.05) is 29.3 Å². The molecular weight excluding hydrogens is 359 g/mol. The molecule has 1 amide bonds. The molecule has 0 aliphatic carbocycles. The summed E-state index contributed by atoms with van der Waals surface area (Å²) in [6.45, 7) is 6.16.